The second-order valence-corrected chi connectivity index (χ2v) is 6.96. The van der Waals surface area contributed by atoms with Gasteiger partial charge in [0.25, 0.3) is 0 Å². The average Bonchev–Trinajstić information content (AvgIpc) is 2.73. The monoisotopic (exact) mass is 376 g/mol. The molecule has 27 heavy (non-hydrogen) atoms. The lowest BCUT2D eigenvalue weighted by molar-refractivity contribution is 0.586. The van der Waals surface area contributed by atoms with Gasteiger partial charge in [0.15, 0.2) is 0 Å². The predicted molar refractivity (Wildman–Crippen MR) is 108 cm³/mol. The Morgan fingerprint density at radius 3 is 2.74 bits per heavy atom. The molecule has 6 nitrogen and oxygen atoms in total. The van der Waals surface area contributed by atoms with Gasteiger partial charge in [0.2, 0.25) is 0 Å². The van der Waals surface area contributed by atoms with Crippen LogP contribution in [0.2, 0.25) is 5.02 Å². The summed E-state index contributed by atoms with van der Waals surface area (Å²) < 4.78 is 0. The van der Waals surface area contributed by atoms with Crippen LogP contribution >= 0.6 is 11.6 Å². The Bertz CT molecular complexity index is 1130. The van der Waals surface area contributed by atoms with Crippen molar-refractivity contribution in [2.45, 2.75) is 0 Å². The normalized spacial score (nSPS) is 14.8. The van der Waals surface area contributed by atoms with Gasteiger partial charge in [0, 0.05) is 59.3 Å². The zero-order chi connectivity index (χ0) is 18.2. The highest BCUT2D eigenvalue weighted by Gasteiger charge is 2.17. The molecule has 0 radical (unpaired) electrons. The molecule has 0 unspecified atom stereocenters. The highest BCUT2D eigenvalue weighted by atomic mass is 35.5. The molecular weight excluding hydrogens is 360 g/mol. The van der Waals surface area contributed by atoms with E-state index in [-0.39, 0.29) is 0 Å². The van der Waals surface area contributed by atoms with E-state index in [0.717, 1.165) is 64.9 Å². The molecule has 3 heterocycles. The van der Waals surface area contributed by atoms with E-state index in [4.69, 9.17) is 11.6 Å². The van der Waals surface area contributed by atoms with Gasteiger partial charge in [-0.25, -0.2) is 19.9 Å². The Balaban J connectivity index is 1.70. The van der Waals surface area contributed by atoms with Crippen LogP contribution < -0.4 is 10.2 Å². The largest absolute Gasteiger partial charge is 0.353 e. The third-order valence-corrected chi connectivity index (χ3v) is 5.26. The first-order chi connectivity index (χ1) is 13.3. The fraction of sp³-hybridized carbons (Fsp3) is 0.200. The van der Waals surface area contributed by atoms with Crippen molar-refractivity contribution >= 4 is 39.2 Å². The number of anilines is 1. The van der Waals surface area contributed by atoms with Gasteiger partial charge in [-0.05, 0) is 12.1 Å². The van der Waals surface area contributed by atoms with Crippen LogP contribution in [0, 0.1) is 0 Å². The lowest BCUT2D eigenvalue weighted by Crippen LogP contribution is -2.44. The van der Waals surface area contributed by atoms with Crippen molar-refractivity contribution in [3.63, 3.8) is 0 Å². The van der Waals surface area contributed by atoms with Crippen LogP contribution in [0.4, 0.5) is 5.82 Å². The number of aromatic nitrogens is 4. The van der Waals surface area contributed by atoms with E-state index in [2.05, 4.69) is 30.2 Å². The van der Waals surface area contributed by atoms with Crippen LogP contribution in [0.25, 0.3) is 32.9 Å². The Hall–Kier alpha value is -2.83. The van der Waals surface area contributed by atoms with Crippen molar-refractivity contribution < 1.29 is 0 Å². The minimum Gasteiger partial charge on any atom is -0.353 e. The molecule has 0 atom stereocenters. The van der Waals surface area contributed by atoms with Crippen LogP contribution in [0.15, 0.2) is 49.2 Å². The maximum absolute atomic E-state index is 6.72. The van der Waals surface area contributed by atoms with E-state index in [1.807, 2.05) is 36.5 Å². The van der Waals surface area contributed by atoms with E-state index in [1.165, 1.54) is 0 Å². The van der Waals surface area contributed by atoms with Gasteiger partial charge in [-0.15, -0.1) is 0 Å². The zero-order valence-electron chi connectivity index (χ0n) is 14.6. The van der Waals surface area contributed by atoms with E-state index in [1.54, 1.807) is 12.7 Å². The summed E-state index contributed by atoms with van der Waals surface area (Å²) in [6, 6.07) is 10.0. The molecule has 0 spiro atoms. The lowest BCUT2D eigenvalue weighted by atomic mass is 10.0. The molecule has 7 heteroatoms. The molecule has 0 aliphatic carbocycles. The van der Waals surface area contributed by atoms with Gasteiger partial charge in [0.05, 0.1) is 11.0 Å². The minimum absolute atomic E-state index is 0.666. The Labute approximate surface area is 161 Å². The maximum Gasteiger partial charge on any atom is 0.140 e. The SMILES string of the molecule is Clc1cc2c(N3CCNCC3)ncnc2cc1-c1cccc2cncnc12. The van der Waals surface area contributed by atoms with Gasteiger partial charge in [-0.2, -0.15) is 0 Å². The molecule has 1 fully saturated rings. The van der Waals surface area contributed by atoms with E-state index < -0.39 is 0 Å². The molecular formula is C20H17ClN6. The van der Waals surface area contributed by atoms with Crippen LogP contribution in [-0.2, 0) is 0 Å². The highest BCUT2D eigenvalue weighted by Crippen LogP contribution is 2.36. The summed E-state index contributed by atoms with van der Waals surface area (Å²) in [7, 11) is 0. The summed E-state index contributed by atoms with van der Waals surface area (Å²) in [6.45, 7) is 3.75. The van der Waals surface area contributed by atoms with E-state index >= 15 is 0 Å². The standard InChI is InChI=1S/C20H17ClN6/c21-17-8-16-18(24-12-26-20(16)27-6-4-22-5-7-27)9-15(17)14-3-1-2-13-10-23-11-25-19(13)14/h1-3,8-12,22H,4-7H2. The summed E-state index contributed by atoms with van der Waals surface area (Å²) in [5.74, 6) is 0.940. The molecule has 2 aromatic heterocycles. The first-order valence-electron chi connectivity index (χ1n) is 8.90. The fourth-order valence-electron chi connectivity index (χ4n) is 3.63. The Morgan fingerprint density at radius 1 is 0.963 bits per heavy atom. The minimum atomic E-state index is 0.666. The number of hydrogen-bond acceptors (Lipinski definition) is 6. The van der Waals surface area contributed by atoms with Gasteiger partial charge >= 0.3 is 0 Å². The van der Waals surface area contributed by atoms with Gasteiger partial charge in [-0.3, -0.25) is 0 Å². The smallest absolute Gasteiger partial charge is 0.140 e. The fourth-order valence-corrected chi connectivity index (χ4v) is 3.90. The van der Waals surface area contributed by atoms with Crippen molar-refractivity contribution in [1.82, 2.24) is 25.3 Å². The van der Waals surface area contributed by atoms with Crippen molar-refractivity contribution in [2.24, 2.45) is 0 Å². The van der Waals surface area contributed by atoms with Crippen LogP contribution in [-0.4, -0.2) is 46.1 Å². The number of piperazine rings is 1. The number of para-hydroxylation sites is 1. The van der Waals surface area contributed by atoms with E-state index in [0.29, 0.717) is 5.02 Å². The third kappa shape index (κ3) is 2.87. The molecule has 134 valence electrons. The predicted octanol–water partition coefficient (Wildman–Crippen LogP) is 3.30. The zero-order valence-corrected chi connectivity index (χ0v) is 15.3. The number of hydrogen-bond donors (Lipinski definition) is 1. The summed E-state index contributed by atoms with van der Waals surface area (Å²) in [4.78, 5) is 19.9. The quantitative estimate of drug-likeness (QED) is 0.579. The summed E-state index contributed by atoms with van der Waals surface area (Å²) >= 11 is 6.72. The highest BCUT2D eigenvalue weighted by molar-refractivity contribution is 6.34. The third-order valence-electron chi connectivity index (χ3n) is 4.94. The molecule has 1 aliphatic heterocycles. The van der Waals surface area contributed by atoms with Gasteiger partial charge in [-0.1, -0.05) is 29.8 Å². The second-order valence-electron chi connectivity index (χ2n) is 6.55. The van der Waals surface area contributed by atoms with Crippen LogP contribution in [0.5, 0.6) is 0 Å². The first-order valence-corrected chi connectivity index (χ1v) is 9.28. The van der Waals surface area contributed by atoms with E-state index in [9.17, 15) is 0 Å². The Kier molecular flexibility index (Phi) is 4.07. The number of nitrogens with one attached hydrogen (secondary N) is 1. The Morgan fingerprint density at radius 2 is 1.85 bits per heavy atom. The molecule has 1 aliphatic rings. The number of fused-ring (bicyclic) bond motifs is 2. The summed E-state index contributed by atoms with van der Waals surface area (Å²) in [5, 5.41) is 5.99. The number of nitrogens with zero attached hydrogens (tertiary/aromatic N) is 5. The average molecular weight is 377 g/mol. The van der Waals surface area contributed by atoms with Crippen LogP contribution in [0.1, 0.15) is 0 Å². The van der Waals surface area contributed by atoms with Crippen molar-refractivity contribution in [2.75, 3.05) is 31.1 Å². The van der Waals surface area contributed by atoms with Crippen LogP contribution in [0.3, 0.4) is 0 Å². The molecule has 2 aromatic carbocycles. The molecule has 0 amide bonds. The number of rotatable bonds is 2. The molecule has 0 bridgehead atoms. The van der Waals surface area contributed by atoms with Crippen molar-refractivity contribution in [1.29, 1.82) is 0 Å². The topological polar surface area (TPSA) is 66.8 Å². The summed E-state index contributed by atoms with van der Waals surface area (Å²) in [6.07, 6.45) is 5.00. The van der Waals surface area contributed by atoms with Crippen molar-refractivity contribution in [3.05, 3.63) is 54.2 Å². The van der Waals surface area contributed by atoms with Crippen molar-refractivity contribution in [3.8, 4) is 11.1 Å². The molecule has 1 saturated heterocycles. The lowest BCUT2D eigenvalue weighted by Gasteiger charge is -2.29. The number of benzene rings is 2. The number of halogens is 1. The van der Waals surface area contributed by atoms with Gasteiger partial charge < -0.3 is 10.2 Å². The second kappa shape index (κ2) is 6.72. The molecule has 5 rings (SSSR count). The maximum atomic E-state index is 6.72. The molecule has 1 N–H and O–H groups in total. The summed E-state index contributed by atoms with van der Waals surface area (Å²) in [5.41, 5.74) is 3.65. The first kappa shape index (κ1) is 16.4. The molecule has 0 saturated carbocycles. The molecule has 4 aromatic rings. The van der Waals surface area contributed by atoms with Gasteiger partial charge in [0.1, 0.15) is 18.5 Å².